The highest BCUT2D eigenvalue weighted by Gasteiger charge is 2.07. The van der Waals surface area contributed by atoms with Crippen molar-refractivity contribution < 1.29 is 9.90 Å². The highest BCUT2D eigenvalue weighted by molar-refractivity contribution is 5.85. The molecule has 0 aliphatic carbocycles. The lowest BCUT2D eigenvalue weighted by atomic mass is 10.2. The Morgan fingerprint density at radius 2 is 2.14 bits per heavy atom. The molecule has 0 radical (unpaired) electrons. The second-order valence-electron chi connectivity index (χ2n) is 3.57. The molecule has 0 amide bonds. The maximum atomic E-state index is 10.5. The topological polar surface area (TPSA) is 52.6 Å². The number of carboxylic acid groups (broad SMARTS) is 1. The van der Waals surface area contributed by atoms with Crippen LogP contribution in [0.2, 0.25) is 0 Å². The van der Waals surface area contributed by atoms with Crippen LogP contribution in [0.15, 0.2) is 11.6 Å². The van der Waals surface area contributed by atoms with Crippen molar-refractivity contribution >= 4 is 5.97 Å². The van der Waals surface area contributed by atoms with Crippen LogP contribution in [0, 0.1) is 0 Å². The Morgan fingerprint density at radius 1 is 1.50 bits per heavy atom. The van der Waals surface area contributed by atoms with Crippen molar-refractivity contribution in [2.75, 3.05) is 32.7 Å². The van der Waals surface area contributed by atoms with Crippen molar-refractivity contribution in [1.82, 2.24) is 10.2 Å². The number of carboxylic acids is 1. The molecule has 0 saturated carbocycles. The van der Waals surface area contributed by atoms with Crippen LogP contribution in [-0.4, -0.2) is 48.7 Å². The summed E-state index contributed by atoms with van der Waals surface area (Å²) >= 11 is 0. The summed E-state index contributed by atoms with van der Waals surface area (Å²) in [6.07, 6.45) is 2.63. The SMILES string of the molecule is CC(=CCCN1CCNCC1)C(=O)O. The molecule has 2 N–H and O–H groups in total. The fraction of sp³-hybridized carbons (Fsp3) is 0.700. The zero-order valence-corrected chi connectivity index (χ0v) is 8.62. The molecule has 0 aromatic rings. The first-order valence-corrected chi connectivity index (χ1v) is 5.03. The molecule has 4 heteroatoms. The fourth-order valence-electron chi connectivity index (χ4n) is 1.49. The van der Waals surface area contributed by atoms with Crippen molar-refractivity contribution in [3.8, 4) is 0 Å². The average molecular weight is 198 g/mol. The summed E-state index contributed by atoms with van der Waals surface area (Å²) in [5.74, 6) is -0.815. The van der Waals surface area contributed by atoms with E-state index < -0.39 is 5.97 Å². The van der Waals surface area contributed by atoms with E-state index >= 15 is 0 Å². The minimum absolute atomic E-state index is 0.445. The first kappa shape index (κ1) is 11.2. The number of hydrogen-bond donors (Lipinski definition) is 2. The smallest absolute Gasteiger partial charge is 0.330 e. The number of aliphatic carboxylic acids is 1. The predicted molar refractivity (Wildman–Crippen MR) is 55.3 cm³/mol. The molecule has 0 spiro atoms. The number of nitrogens with one attached hydrogen (secondary N) is 1. The van der Waals surface area contributed by atoms with Gasteiger partial charge in [-0.2, -0.15) is 0 Å². The van der Waals surface area contributed by atoms with Gasteiger partial charge < -0.3 is 15.3 Å². The van der Waals surface area contributed by atoms with E-state index in [-0.39, 0.29) is 0 Å². The van der Waals surface area contributed by atoms with Gasteiger partial charge in [0.25, 0.3) is 0 Å². The molecule has 0 atom stereocenters. The first-order valence-electron chi connectivity index (χ1n) is 5.03. The Morgan fingerprint density at radius 3 is 2.71 bits per heavy atom. The Kier molecular flexibility index (Phi) is 4.62. The van der Waals surface area contributed by atoms with Gasteiger partial charge in [-0.3, -0.25) is 0 Å². The number of rotatable bonds is 4. The van der Waals surface area contributed by atoms with Crippen LogP contribution in [0.25, 0.3) is 0 Å². The van der Waals surface area contributed by atoms with Crippen molar-refractivity contribution in [2.45, 2.75) is 13.3 Å². The van der Waals surface area contributed by atoms with E-state index in [9.17, 15) is 4.79 Å². The number of piperazine rings is 1. The third-order valence-corrected chi connectivity index (χ3v) is 2.44. The van der Waals surface area contributed by atoms with E-state index in [2.05, 4.69) is 10.2 Å². The maximum Gasteiger partial charge on any atom is 0.330 e. The molecule has 14 heavy (non-hydrogen) atoms. The van der Waals surface area contributed by atoms with E-state index in [0.29, 0.717) is 5.57 Å². The lowest BCUT2D eigenvalue weighted by Gasteiger charge is -2.26. The highest BCUT2D eigenvalue weighted by atomic mass is 16.4. The summed E-state index contributed by atoms with van der Waals surface area (Å²) < 4.78 is 0. The Hall–Kier alpha value is -0.870. The third-order valence-electron chi connectivity index (χ3n) is 2.44. The second-order valence-corrected chi connectivity index (χ2v) is 3.57. The Balaban J connectivity index is 2.19. The van der Waals surface area contributed by atoms with Gasteiger partial charge in [-0.05, 0) is 13.3 Å². The lowest BCUT2D eigenvalue weighted by Crippen LogP contribution is -2.43. The van der Waals surface area contributed by atoms with Gasteiger partial charge in [0, 0.05) is 38.3 Å². The molecule has 1 saturated heterocycles. The predicted octanol–water partition coefficient (Wildman–Crippen LogP) is 0.313. The van der Waals surface area contributed by atoms with Crippen LogP contribution in [0.4, 0.5) is 0 Å². The lowest BCUT2D eigenvalue weighted by molar-refractivity contribution is -0.132. The molecule has 0 aromatic carbocycles. The minimum Gasteiger partial charge on any atom is -0.478 e. The molecule has 1 heterocycles. The summed E-state index contributed by atoms with van der Waals surface area (Å²) in [4.78, 5) is 12.8. The van der Waals surface area contributed by atoms with Gasteiger partial charge >= 0.3 is 5.97 Å². The van der Waals surface area contributed by atoms with Gasteiger partial charge in [0.1, 0.15) is 0 Å². The van der Waals surface area contributed by atoms with Crippen LogP contribution >= 0.6 is 0 Å². The summed E-state index contributed by atoms with van der Waals surface area (Å²) in [5, 5.41) is 11.9. The third kappa shape index (κ3) is 3.89. The number of hydrogen-bond acceptors (Lipinski definition) is 3. The van der Waals surface area contributed by atoms with Gasteiger partial charge in [-0.15, -0.1) is 0 Å². The zero-order valence-electron chi connectivity index (χ0n) is 8.62. The van der Waals surface area contributed by atoms with Gasteiger partial charge in [0.15, 0.2) is 0 Å². The molecule has 0 unspecified atom stereocenters. The van der Waals surface area contributed by atoms with Gasteiger partial charge in [-0.25, -0.2) is 4.79 Å². The van der Waals surface area contributed by atoms with Crippen LogP contribution in [0.1, 0.15) is 13.3 Å². The highest BCUT2D eigenvalue weighted by Crippen LogP contribution is 1.99. The van der Waals surface area contributed by atoms with Crippen molar-refractivity contribution in [1.29, 1.82) is 0 Å². The van der Waals surface area contributed by atoms with Gasteiger partial charge in [-0.1, -0.05) is 6.08 Å². The van der Waals surface area contributed by atoms with Crippen LogP contribution in [0.3, 0.4) is 0 Å². The number of nitrogens with zero attached hydrogens (tertiary/aromatic N) is 1. The zero-order chi connectivity index (χ0) is 10.4. The quantitative estimate of drug-likeness (QED) is 0.638. The monoisotopic (exact) mass is 198 g/mol. The molecule has 0 bridgehead atoms. The van der Waals surface area contributed by atoms with Gasteiger partial charge in [0.2, 0.25) is 0 Å². The molecule has 1 rings (SSSR count). The molecule has 0 aromatic heterocycles. The van der Waals surface area contributed by atoms with E-state index in [0.717, 1.165) is 39.1 Å². The molecule has 80 valence electrons. The maximum absolute atomic E-state index is 10.5. The molecule has 1 fully saturated rings. The van der Waals surface area contributed by atoms with Crippen LogP contribution in [-0.2, 0) is 4.79 Å². The second kappa shape index (κ2) is 5.78. The minimum atomic E-state index is -0.815. The largest absolute Gasteiger partial charge is 0.478 e. The average Bonchev–Trinajstić information content (AvgIpc) is 2.19. The normalized spacial score (nSPS) is 19.6. The molecular formula is C10H18N2O2. The Labute approximate surface area is 84.6 Å². The van der Waals surface area contributed by atoms with E-state index in [1.54, 1.807) is 13.0 Å². The summed E-state index contributed by atoms with van der Waals surface area (Å²) in [6, 6.07) is 0. The first-order chi connectivity index (χ1) is 6.70. The molecule has 1 aliphatic heterocycles. The van der Waals surface area contributed by atoms with Crippen molar-refractivity contribution in [3.63, 3.8) is 0 Å². The van der Waals surface area contributed by atoms with Crippen molar-refractivity contribution in [3.05, 3.63) is 11.6 Å². The van der Waals surface area contributed by atoms with E-state index in [1.165, 1.54) is 0 Å². The van der Waals surface area contributed by atoms with E-state index in [1.807, 2.05) is 0 Å². The molecule has 4 nitrogen and oxygen atoms in total. The Bertz CT molecular complexity index is 220. The molecular weight excluding hydrogens is 180 g/mol. The van der Waals surface area contributed by atoms with Crippen LogP contribution < -0.4 is 5.32 Å². The summed E-state index contributed by atoms with van der Waals surface area (Å²) in [5.41, 5.74) is 0.445. The van der Waals surface area contributed by atoms with Crippen LogP contribution in [0.5, 0.6) is 0 Å². The summed E-state index contributed by atoms with van der Waals surface area (Å²) in [7, 11) is 0. The standard InChI is InChI=1S/C10H18N2O2/c1-9(10(13)14)3-2-6-12-7-4-11-5-8-12/h3,11H,2,4-8H2,1H3,(H,13,14). The van der Waals surface area contributed by atoms with Crippen molar-refractivity contribution in [2.24, 2.45) is 0 Å². The summed E-state index contributed by atoms with van der Waals surface area (Å²) in [6.45, 7) is 6.83. The fourth-order valence-corrected chi connectivity index (χ4v) is 1.49. The van der Waals surface area contributed by atoms with Gasteiger partial charge in [0.05, 0.1) is 0 Å². The number of carbonyl (C=O) groups is 1. The van der Waals surface area contributed by atoms with E-state index in [4.69, 9.17) is 5.11 Å². The molecule has 1 aliphatic rings.